The summed E-state index contributed by atoms with van der Waals surface area (Å²) >= 11 is 0. The Hall–Kier alpha value is -3.32. The van der Waals surface area contributed by atoms with Gasteiger partial charge in [-0.25, -0.2) is 8.42 Å². The lowest BCUT2D eigenvalue weighted by Crippen LogP contribution is -2.16. The van der Waals surface area contributed by atoms with Crippen molar-refractivity contribution in [3.05, 3.63) is 83.4 Å². The van der Waals surface area contributed by atoms with Crippen molar-refractivity contribution in [1.82, 2.24) is 0 Å². The summed E-state index contributed by atoms with van der Waals surface area (Å²) in [4.78, 5) is 12.9. The van der Waals surface area contributed by atoms with Gasteiger partial charge in [-0.15, -0.1) is 0 Å². The topological polar surface area (TPSA) is 84.5 Å². The molecule has 0 heterocycles. The fraction of sp³-hybridized carbons (Fsp3) is 0.136. The first-order valence-electron chi connectivity index (χ1n) is 8.94. The summed E-state index contributed by atoms with van der Waals surface area (Å²) in [5.41, 5.74) is 2.89. The maximum Gasteiger partial charge on any atom is 0.261 e. The lowest BCUT2D eigenvalue weighted by Gasteiger charge is -2.14. The third kappa shape index (κ3) is 4.75. The molecule has 7 heteroatoms. The molecular formula is C22H22N2O4S. The highest BCUT2D eigenvalue weighted by Gasteiger charge is 2.17. The van der Waals surface area contributed by atoms with Crippen LogP contribution in [0.4, 0.5) is 11.4 Å². The molecule has 0 bridgehead atoms. The average Bonchev–Trinajstić information content (AvgIpc) is 2.70. The molecular weight excluding hydrogens is 388 g/mol. The van der Waals surface area contributed by atoms with Crippen LogP contribution in [0.1, 0.15) is 21.5 Å². The maximum absolute atomic E-state index is 12.7. The normalized spacial score (nSPS) is 11.0. The van der Waals surface area contributed by atoms with Gasteiger partial charge in [-0.1, -0.05) is 30.3 Å². The number of anilines is 2. The zero-order valence-corrected chi connectivity index (χ0v) is 17.2. The number of rotatable bonds is 6. The Morgan fingerprint density at radius 2 is 1.62 bits per heavy atom. The smallest absolute Gasteiger partial charge is 0.261 e. The first-order valence-corrected chi connectivity index (χ1v) is 10.4. The highest BCUT2D eigenvalue weighted by Crippen LogP contribution is 2.27. The fourth-order valence-electron chi connectivity index (χ4n) is 2.79. The number of aryl methyl sites for hydroxylation is 2. The van der Waals surface area contributed by atoms with Gasteiger partial charge in [-0.2, -0.15) is 0 Å². The van der Waals surface area contributed by atoms with E-state index >= 15 is 0 Å². The van der Waals surface area contributed by atoms with Crippen molar-refractivity contribution in [2.75, 3.05) is 17.1 Å². The molecule has 0 aliphatic rings. The zero-order valence-electron chi connectivity index (χ0n) is 16.4. The molecule has 29 heavy (non-hydrogen) atoms. The minimum atomic E-state index is -3.76. The van der Waals surface area contributed by atoms with Gasteiger partial charge in [-0.05, 0) is 61.4 Å². The second kappa shape index (κ2) is 8.36. The van der Waals surface area contributed by atoms with E-state index in [1.165, 1.54) is 25.3 Å². The fourth-order valence-corrected chi connectivity index (χ4v) is 3.93. The summed E-state index contributed by atoms with van der Waals surface area (Å²) in [5.74, 6) is 0.176. The van der Waals surface area contributed by atoms with E-state index in [-0.39, 0.29) is 10.8 Å². The van der Waals surface area contributed by atoms with Gasteiger partial charge < -0.3 is 10.1 Å². The number of hydrogen-bond donors (Lipinski definition) is 2. The number of ether oxygens (including phenoxy) is 1. The summed E-state index contributed by atoms with van der Waals surface area (Å²) in [6, 6.07) is 18.4. The molecule has 0 saturated heterocycles. The Bertz CT molecular complexity index is 1140. The molecule has 0 saturated carbocycles. The largest absolute Gasteiger partial charge is 0.495 e. The summed E-state index contributed by atoms with van der Waals surface area (Å²) in [6.45, 7) is 3.69. The van der Waals surface area contributed by atoms with Crippen molar-refractivity contribution in [3.8, 4) is 5.75 Å². The van der Waals surface area contributed by atoms with E-state index in [0.29, 0.717) is 28.3 Å². The average molecular weight is 410 g/mol. The van der Waals surface area contributed by atoms with Gasteiger partial charge in [0.05, 0.1) is 23.4 Å². The monoisotopic (exact) mass is 410 g/mol. The van der Waals surface area contributed by atoms with Crippen LogP contribution in [0, 0.1) is 13.8 Å². The van der Waals surface area contributed by atoms with E-state index in [1.54, 1.807) is 43.3 Å². The quantitative estimate of drug-likeness (QED) is 0.632. The number of amides is 1. The molecule has 0 radical (unpaired) electrons. The number of methoxy groups -OCH3 is 1. The van der Waals surface area contributed by atoms with Crippen molar-refractivity contribution in [2.45, 2.75) is 18.7 Å². The third-order valence-electron chi connectivity index (χ3n) is 4.40. The van der Waals surface area contributed by atoms with Gasteiger partial charge in [-0.3, -0.25) is 9.52 Å². The number of nitrogens with one attached hydrogen (secondary N) is 2. The van der Waals surface area contributed by atoms with E-state index in [0.717, 1.165) is 5.56 Å². The molecule has 2 N–H and O–H groups in total. The minimum absolute atomic E-state index is 0.152. The van der Waals surface area contributed by atoms with E-state index in [1.807, 2.05) is 19.1 Å². The molecule has 150 valence electrons. The molecule has 0 unspecified atom stereocenters. The second-order valence-electron chi connectivity index (χ2n) is 6.61. The standard InChI is InChI=1S/C22H22N2O4S/c1-15-9-12-21(28-3)20(13-15)23-22(25)17-11-10-16(2)19(14-17)24-29(26,27)18-7-5-4-6-8-18/h4-14,24H,1-3H3,(H,23,25). The van der Waals surface area contributed by atoms with Crippen molar-refractivity contribution in [3.63, 3.8) is 0 Å². The van der Waals surface area contributed by atoms with Crippen LogP contribution in [0.25, 0.3) is 0 Å². The molecule has 1 amide bonds. The minimum Gasteiger partial charge on any atom is -0.495 e. The first-order chi connectivity index (χ1) is 13.8. The molecule has 0 aliphatic heterocycles. The van der Waals surface area contributed by atoms with Crippen molar-refractivity contribution in [2.24, 2.45) is 0 Å². The number of benzene rings is 3. The summed E-state index contributed by atoms with van der Waals surface area (Å²) in [7, 11) is -2.22. The van der Waals surface area contributed by atoms with Gasteiger partial charge in [0.2, 0.25) is 0 Å². The van der Waals surface area contributed by atoms with Crippen LogP contribution in [-0.2, 0) is 10.0 Å². The summed E-state index contributed by atoms with van der Waals surface area (Å²) in [6.07, 6.45) is 0. The lowest BCUT2D eigenvalue weighted by molar-refractivity contribution is 0.102. The molecule has 0 aromatic heterocycles. The summed E-state index contributed by atoms with van der Waals surface area (Å²) < 4.78 is 33.1. The molecule has 0 aliphatic carbocycles. The van der Waals surface area contributed by atoms with Crippen LogP contribution in [0.5, 0.6) is 5.75 Å². The highest BCUT2D eigenvalue weighted by atomic mass is 32.2. The van der Waals surface area contributed by atoms with Crippen LogP contribution in [-0.4, -0.2) is 21.4 Å². The molecule has 3 rings (SSSR count). The Morgan fingerprint density at radius 3 is 2.31 bits per heavy atom. The Kier molecular flexibility index (Phi) is 5.89. The highest BCUT2D eigenvalue weighted by molar-refractivity contribution is 7.92. The molecule has 0 fully saturated rings. The predicted molar refractivity (Wildman–Crippen MR) is 114 cm³/mol. The second-order valence-corrected chi connectivity index (χ2v) is 8.29. The van der Waals surface area contributed by atoms with Gasteiger partial charge in [0.15, 0.2) is 0 Å². The van der Waals surface area contributed by atoms with Gasteiger partial charge in [0.25, 0.3) is 15.9 Å². The van der Waals surface area contributed by atoms with Crippen LogP contribution >= 0.6 is 0 Å². The number of carbonyl (C=O) groups excluding carboxylic acids is 1. The van der Waals surface area contributed by atoms with Crippen molar-refractivity contribution >= 4 is 27.3 Å². The van der Waals surface area contributed by atoms with E-state index in [4.69, 9.17) is 4.74 Å². The van der Waals surface area contributed by atoms with Gasteiger partial charge in [0.1, 0.15) is 5.75 Å². The van der Waals surface area contributed by atoms with Crippen LogP contribution in [0.15, 0.2) is 71.6 Å². The third-order valence-corrected chi connectivity index (χ3v) is 5.78. The number of sulfonamides is 1. The van der Waals surface area contributed by atoms with Crippen molar-refractivity contribution in [1.29, 1.82) is 0 Å². The molecule has 3 aromatic rings. The van der Waals surface area contributed by atoms with E-state index in [9.17, 15) is 13.2 Å². The predicted octanol–water partition coefficient (Wildman–Crippen LogP) is 4.37. The van der Waals surface area contributed by atoms with Crippen LogP contribution in [0.2, 0.25) is 0 Å². The first kappa shape index (κ1) is 20.4. The zero-order chi connectivity index (χ0) is 21.0. The lowest BCUT2D eigenvalue weighted by atomic mass is 10.1. The molecule has 3 aromatic carbocycles. The molecule has 0 spiro atoms. The summed E-state index contributed by atoms with van der Waals surface area (Å²) in [5, 5.41) is 2.82. The van der Waals surface area contributed by atoms with Crippen LogP contribution in [0.3, 0.4) is 0 Å². The Labute approximate surface area is 170 Å². The Balaban J connectivity index is 1.87. The molecule has 6 nitrogen and oxygen atoms in total. The number of carbonyl (C=O) groups is 1. The molecule has 0 atom stereocenters. The van der Waals surface area contributed by atoms with E-state index in [2.05, 4.69) is 10.0 Å². The van der Waals surface area contributed by atoms with E-state index < -0.39 is 10.0 Å². The maximum atomic E-state index is 12.7. The van der Waals surface area contributed by atoms with Gasteiger partial charge >= 0.3 is 0 Å². The van der Waals surface area contributed by atoms with Crippen molar-refractivity contribution < 1.29 is 17.9 Å². The van der Waals surface area contributed by atoms with Gasteiger partial charge in [0, 0.05) is 5.56 Å². The number of hydrogen-bond acceptors (Lipinski definition) is 4. The van der Waals surface area contributed by atoms with Crippen LogP contribution < -0.4 is 14.8 Å². The Morgan fingerprint density at radius 1 is 0.897 bits per heavy atom. The SMILES string of the molecule is COc1ccc(C)cc1NC(=O)c1ccc(C)c(NS(=O)(=O)c2ccccc2)c1.